The van der Waals surface area contributed by atoms with Crippen LogP contribution in [-0.2, 0) is 9.59 Å². The van der Waals surface area contributed by atoms with Crippen LogP contribution in [0.4, 0.5) is 0 Å². The van der Waals surface area contributed by atoms with Crippen molar-refractivity contribution in [3.63, 3.8) is 0 Å². The number of carboxylic acid groups (broad SMARTS) is 1. The molecule has 0 heterocycles. The fourth-order valence-electron chi connectivity index (χ4n) is 1.17. The Morgan fingerprint density at radius 2 is 1.54 bits per heavy atom. The molecule has 0 aromatic heterocycles. The van der Waals surface area contributed by atoms with Gasteiger partial charge in [0.15, 0.2) is 0 Å². The number of hydrogen-bond acceptors (Lipinski definition) is 2. The SMILES string of the molecule is CCCCCCCCC(=O)C(=O)O. The van der Waals surface area contributed by atoms with Crippen molar-refractivity contribution in [2.24, 2.45) is 0 Å². The number of aliphatic carboxylic acids is 1. The highest BCUT2D eigenvalue weighted by Gasteiger charge is 2.09. The number of hydrogen-bond donors (Lipinski definition) is 1. The molecule has 0 bridgehead atoms. The lowest BCUT2D eigenvalue weighted by molar-refractivity contribution is -0.149. The fraction of sp³-hybridized carbons (Fsp3) is 0.800. The summed E-state index contributed by atoms with van der Waals surface area (Å²) in [6.45, 7) is 2.15. The van der Waals surface area contributed by atoms with Gasteiger partial charge in [0.2, 0.25) is 5.78 Å². The van der Waals surface area contributed by atoms with E-state index in [0.29, 0.717) is 0 Å². The smallest absolute Gasteiger partial charge is 0.372 e. The van der Waals surface area contributed by atoms with Crippen LogP contribution in [0.1, 0.15) is 51.9 Å². The van der Waals surface area contributed by atoms with Gasteiger partial charge in [0.1, 0.15) is 0 Å². The predicted molar refractivity (Wildman–Crippen MR) is 50.6 cm³/mol. The third-order valence-corrected chi connectivity index (χ3v) is 2.00. The molecule has 0 saturated carbocycles. The van der Waals surface area contributed by atoms with Gasteiger partial charge in [-0.2, -0.15) is 0 Å². The molecule has 0 rings (SSSR count). The van der Waals surface area contributed by atoms with E-state index in [9.17, 15) is 9.59 Å². The molecule has 76 valence electrons. The molecule has 0 unspecified atom stereocenters. The van der Waals surface area contributed by atoms with Crippen LogP contribution in [0, 0.1) is 0 Å². The van der Waals surface area contributed by atoms with Gasteiger partial charge >= 0.3 is 5.97 Å². The average molecular weight is 186 g/mol. The summed E-state index contributed by atoms with van der Waals surface area (Å²) in [5.74, 6) is -1.95. The van der Waals surface area contributed by atoms with Gasteiger partial charge in [0.25, 0.3) is 0 Å². The molecule has 0 saturated heterocycles. The van der Waals surface area contributed by atoms with Crippen LogP contribution in [0.3, 0.4) is 0 Å². The second-order valence-electron chi connectivity index (χ2n) is 3.25. The largest absolute Gasteiger partial charge is 0.476 e. The zero-order valence-corrected chi connectivity index (χ0v) is 8.21. The van der Waals surface area contributed by atoms with Gasteiger partial charge in [-0.1, -0.05) is 39.0 Å². The van der Waals surface area contributed by atoms with Crippen LogP contribution < -0.4 is 0 Å². The van der Waals surface area contributed by atoms with Crippen LogP contribution in [0.2, 0.25) is 0 Å². The first-order valence-corrected chi connectivity index (χ1v) is 4.94. The zero-order valence-electron chi connectivity index (χ0n) is 8.21. The molecular weight excluding hydrogens is 168 g/mol. The number of carboxylic acids is 1. The maximum Gasteiger partial charge on any atom is 0.372 e. The minimum atomic E-state index is -1.30. The lowest BCUT2D eigenvalue weighted by Gasteiger charge is -1.98. The van der Waals surface area contributed by atoms with Crippen LogP contribution in [0.25, 0.3) is 0 Å². The van der Waals surface area contributed by atoms with Gasteiger partial charge in [-0.05, 0) is 6.42 Å². The Kier molecular flexibility index (Phi) is 7.26. The van der Waals surface area contributed by atoms with Crippen molar-refractivity contribution in [3.05, 3.63) is 0 Å². The van der Waals surface area contributed by atoms with Crippen molar-refractivity contribution >= 4 is 11.8 Å². The molecule has 0 aromatic carbocycles. The summed E-state index contributed by atoms with van der Waals surface area (Å²) >= 11 is 0. The van der Waals surface area contributed by atoms with Gasteiger partial charge in [-0.25, -0.2) is 4.79 Å². The van der Waals surface area contributed by atoms with Gasteiger partial charge in [-0.15, -0.1) is 0 Å². The number of rotatable bonds is 8. The summed E-state index contributed by atoms with van der Waals surface area (Å²) in [6, 6.07) is 0. The van der Waals surface area contributed by atoms with Crippen LogP contribution in [0.5, 0.6) is 0 Å². The summed E-state index contributed by atoms with van der Waals surface area (Å²) in [6.07, 6.45) is 6.62. The Hall–Kier alpha value is -0.860. The Bertz CT molecular complexity index is 164. The second-order valence-corrected chi connectivity index (χ2v) is 3.25. The standard InChI is InChI=1S/C10H18O3/c1-2-3-4-5-6-7-8-9(11)10(12)13/h2-8H2,1H3,(H,12,13). The van der Waals surface area contributed by atoms with Crippen molar-refractivity contribution in [1.82, 2.24) is 0 Å². The van der Waals surface area contributed by atoms with Crippen molar-refractivity contribution in [2.75, 3.05) is 0 Å². The summed E-state index contributed by atoms with van der Waals surface area (Å²) in [5.41, 5.74) is 0. The molecule has 0 radical (unpaired) electrons. The number of Topliss-reactive ketones (excluding diaryl/α,β-unsaturated/α-hetero) is 1. The van der Waals surface area contributed by atoms with E-state index in [-0.39, 0.29) is 6.42 Å². The highest BCUT2D eigenvalue weighted by Crippen LogP contribution is 2.06. The predicted octanol–water partition coefficient (Wildman–Crippen LogP) is 2.39. The molecule has 0 fully saturated rings. The summed E-state index contributed by atoms with van der Waals surface area (Å²) in [7, 11) is 0. The first-order valence-electron chi connectivity index (χ1n) is 4.94. The summed E-state index contributed by atoms with van der Waals surface area (Å²) in [4.78, 5) is 20.7. The maximum atomic E-state index is 10.6. The zero-order chi connectivity index (χ0) is 10.1. The van der Waals surface area contributed by atoms with E-state index in [1.807, 2.05) is 0 Å². The van der Waals surface area contributed by atoms with Crippen LogP contribution >= 0.6 is 0 Å². The highest BCUT2D eigenvalue weighted by molar-refractivity contribution is 6.32. The van der Waals surface area contributed by atoms with Gasteiger partial charge in [0, 0.05) is 6.42 Å². The fourth-order valence-corrected chi connectivity index (χ4v) is 1.17. The molecule has 0 spiro atoms. The first-order chi connectivity index (χ1) is 6.18. The molecule has 0 aliphatic rings. The quantitative estimate of drug-likeness (QED) is 0.467. The molecule has 0 aliphatic heterocycles. The Morgan fingerprint density at radius 3 is 2.08 bits per heavy atom. The maximum absolute atomic E-state index is 10.6. The number of unbranched alkanes of at least 4 members (excludes halogenated alkanes) is 5. The van der Waals surface area contributed by atoms with E-state index in [2.05, 4.69) is 6.92 Å². The average Bonchev–Trinajstić information content (AvgIpc) is 2.10. The van der Waals surface area contributed by atoms with Crippen LogP contribution in [0.15, 0.2) is 0 Å². The second kappa shape index (κ2) is 7.77. The van der Waals surface area contributed by atoms with Crippen molar-refractivity contribution < 1.29 is 14.7 Å². The Balaban J connectivity index is 3.16. The van der Waals surface area contributed by atoms with Crippen molar-refractivity contribution in [2.45, 2.75) is 51.9 Å². The Labute approximate surface area is 79.1 Å². The molecule has 0 aliphatic carbocycles. The normalized spacial score (nSPS) is 9.92. The topological polar surface area (TPSA) is 54.4 Å². The van der Waals surface area contributed by atoms with Gasteiger partial charge < -0.3 is 5.11 Å². The molecule has 1 N–H and O–H groups in total. The summed E-state index contributed by atoms with van der Waals surface area (Å²) < 4.78 is 0. The minimum Gasteiger partial charge on any atom is -0.476 e. The third kappa shape index (κ3) is 7.50. The van der Waals surface area contributed by atoms with E-state index in [4.69, 9.17) is 5.11 Å². The van der Waals surface area contributed by atoms with Crippen molar-refractivity contribution in [3.8, 4) is 0 Å². The molecule has 3 heteroatoms. The lowest BCUT2D eigenvalue weighted by Crippen LogP contribution is -2.11. The van der Waals surface area contributed by atoms with E-state index in [0.717, 1.165) is 19.3 Å². The molecular formula is C10H18O3. The Morgan fingerprint density at radius 1 is 1.00 bits per heavy atom. The molecule has 0 atom stereocenters. The van der Waals surface area contributed by atoms with E-state index in [1.54, 1.807) is 0 Å². The van der Waals surface area contributed by atoms with E-state index >= 15 is 0 Å². The number of carbonyl (C=O) groups excluding carboxylic acids is 1. The summed E-state index contributed by atoms with van der Waals surface area (Å²) in [5, 5.41) is 8.27. The lowest BCUT2D eigenvalue weighted by atomic mass is 10.1. The highest BCUT2D eigenvalue weighted by atomic mass is 16.4. The molecule has 13 heavy (non-hydrogen) atoms. The van der Waals surface area contributed by atoms with E-state index in [1.165, 1.54) is 19.3 Å². The molecule has 3 nitrogen and oxygen atoms in total. The van der Waals surface area contributed by atoms with Crippen LogP contribution in [-0.4, -0.2) is 16.9 Å². The number of ketones is 1. The van der Waals surface area contributed by atoms with E-state index < -0.39 is 11.8 Å². The van der Waals surface area contributed by atoms with Gasteiger partial charge in [0.05, 0.1) is 0 Å². The van der Waals surface area contributed by atoms with Gasteiger partial charge in [-0.3, -0.25) is 4.79 Å². The number of carbonyl (C=O) groups is 2. The third-order valence-electron chi connectivity index (χ3n) is 2.00. The first kappa shape index (κ1) is 12.1. The molecule has 0 amide bonds. The molecule has 0 aromatic rings. The minimum absolute atomic E-state index is 0.196. The van der Waals surface area contributed by atoms with Crippen molar-refractivity contribution in [1.29, 1.82) is 0 Å². The monoisotopic (exact) mass is 186 g/mol.